The second-order valence-corrected chi connectivity index (χ2v) is 21.0. The first-order chi connectivity index (χ1) is 13.6. The van der Waals surface area contributed by atoms with Gasteiger partial charge in [0, 0.05) is 20.2 Å². The fraction of sp³-hybridized carbons (Fsp3) is 0.500. The van der Waals surface area contributed by atoms with E-state index in [0.717, 1.165) is 19.8 Å². The van der Waals surface area contributed by atoms with Crippen LogP contribution in [0.3, 0.4) is 0 Å². The normalized spacial score (nSPS) is 11.9. The van der Waals surface area contributed by atoms with Gasteiger partial charge in [-0.05, 0) is 23.5 Å². The average Bonchev–Trinajstić information content (AvgIpc) is 2.62. The summed E-state index contributed by atoms with van der Waals surface area (Å²) in [5.74, 6) is 0. The predicted octanol–water partition coefficient (Wildman–Crippen LogP) is 5.62. The summed E-state index contributed by atoms with van der Waals surface area (Å²) in [6, 6.07) is 21.2. The quantitative estimate of drug-likeness (QED) is 0.391. The molecule has 0 amide bonds. The molecule has 0 fully saturated rings. The van der Waals surface area contributed by atoms with Crippen molar-refractivity contribution in [1.29, 1.82) is 0 Å². The summed E-state index contributed by atoms with van der Waals surface area (Å²) in [7, 11) is -0.222. The van der Waals surface area contributed by atoms with Crippen molar-refractivity contribution in [1.82, 2.24) is 10.2 Å². The van der Waals surface area contributed by atoms with Gasteiger partial charge in [-0.2, -0.15) is 0 Å². The number of nitrogens with one attached hydrogen (secondary N) is 1. The third-order valence-electron chi connectivity index (χ3n) is 4.09. The first-order valence-corrected chi connectivity index (χ1v) is 18.0. The molecule has 2 aromatic rings. The minimum atomic E-state index is -1.07. The third kappa shape index (κ3) is 14.4. The van der Waals surface area contributed by atoms with E-state index in [1.54, 1.807) is 7.11 Å². The van der Waals surface area contributed by atoms with Crippen molar-refractivity contribution in [3.8, 4) is 0 Å². The van der Waals surface area contributed by atoms with E-state index in [4.69, 9.17) is 4.74 Å². The smallest absolute Gasteiger partial charge is 0.0986 e. The summed E-state index contributed by atoms with van der Waals surface area (Å²) in [5, 5.41) is 3.50. The van der Waals surface area contributed by atoms with Gasteiger partial charge in [0.25, 0.3) is 0 Å². The number of hydrogen-bond donors (Lipinski definition) is 1. The fourth-order valence-corrected chi connectivity index (χ4v) is 5.44. The van der Waals surface area contributed by atoms with E-state index in [2.05, 4.69) is 110 Å². The molecule has 0 saturated carbocycles. The van der Waals surface area contributed by atoms with Crippen LogP contribution in [0.1, 0.15) is 11.1 Å². The van der Waals surface area contributed by atoms with E-state index in [-0.39, 0.29) is 0 Å². The van der Waals surface area contributed by atoms with Gasteiger partial charge in [0.15, 0.2) is 0 Å². The van der Waals surface area contributed by atoms with Gasteiger partial charge in [-0.25, -0.2) is 0 Å². The zero-order valence-corrected chi connectivity index (χ0v) is 21.7. The van der Waals surface area contributed by atoms with Crippen LogP contribution in [0.5, 0.6) is 0 Å². The molecular formula is C24H42N2OSi2. The highest BCUT2D eigenvalue weighted by molar-refractivity contribution is 6.76. The number of ether oxygens (including phenoxy) is 1. The van der Waals surface area contributed by atoms with Crippen LogP contribution >= 0.6 is 0 Å². The summed E-state index contributed by atoms with van der Waals surface area (Å²) in [5.41, 5.74) is 2.73. The molecule has 0 aliphatic heterocycles. The monoisotopic (exact) mass is 430 g/mol. The lowest BCUT2D eigenvalue weighted by Gasteiger charge is -2.28. The highest BCUT2D eigenvalue weighted by atomic mass is 28.3. The Hall–Kier alpha value is -1.25. The van der Waals surface area contributed by atoms with E-state index in [9.17, 15) is 0 Å². The van der Waals surface area contributed by atoms with Crippen molar-refractivity contribution in [3.63, 3.8) is 0 Å². The Kier molecular flexibility index (Phi) is 11.7. The molecule has 0 aliphatic rings. The Labute approximate surface area is 181 Å². The van der Waals surface area contributed by atoms with Crippen LogP contribution < -0.4 is 5.32 Å². The second-order valence-electron chi connectivity index (χ2n) is 10.1. The molecule has 162 valence electrons. The molecule has 0 saturated heterocycles. The Morgan fingerprint density at radius 2 is 1.28 bits per heavy atom. The number of methoxy groups -OCH3 is 1. The van der Waals surface area contributed by atoms with Gasteiger partial charge in [-0.15, -0.1) is 0 Å². The van der Waals surface area contributed by atoms with Gasteiger partial charge >= 0.3 is 0 Å². The topological polar surface area (TPSA) is 24.5 Å². The van der Waals surface area contributed by atoms with Gasteiger partial charge in [0.05, 0.1) is 22.9 Å². The van der Waals surface area contributed by atoms with Crippen LogP contribution in [-0.2, 0) is 17.8 Å². The molecule has 5 heteroatoms. The molecule has 0 spiro atoms. The number of hydrogen-bond acceptors (Lipinski definition) is 3. The molecule has 3 nitrogen and oxygen atoms in total. The first-order valence-electron chi connectivity index (χ1n) is 10.6. The van der Waals surface area contributed by atoms with Crippen LogP contribution in [0.25, 0.3) is 0 Å². The Morgan fingerprint density at radius 1 is 0.759 bits per heavy atom. The van der Waals surface area contributed by atoms with E-state index >= 15 is 0 Å². The van der Waals surface area contributed by atoms with Gasteiger partial charge < -0.3 is 10.1 Å². The van der Waals surface area contributed by atoms with E-state index in [1.807, 2.05) is 0 Å². The van der Waals surface area contributed by atoms with E-state index < -0.39 is 16.1 Å². The Morgan fingerprint density at radius 3 is 1.72 bits per heavy atom. The Balaban J connectivity index is 0.000000296. The summed E-state index contributed by atoms with van der Waals surface area (Å²) in [6.45, 7) is 17.0. The number of nitrogens with zero attached hydrogens (tertiary/aromatic N) is 1. The van der Waals surface area contributed by atoms with Crippen molar-refractivity contribution in [2.75, 3.05) is 26.2 Å². The lowest BCUT2D eigenvalue weighted by atomic mass is 10.2. The molecule has 0 unspecified atom stereocenters. The van der Waals surface area contributed by atoms with Crippen molar-refractivity contribution in [2.45, 2.75) is 52.4 Å². The molecule has 0 aliphatic carbocycles. The highest BCUT2D eigenvalue weighted by Crippen LogP contribution is 2.09. The molecule has 2 aromatic carbocycles. The third-order valence-corrected chi connectivity index (χ3v) is 6.79. The van der Waals surface area contributed by atoms with Gasteiger partial charge in [-0.3, -0.25) is 4.90 Å². The zero-order valence-electron chi connectivity index (χ0n) is 19.7. The van der Waals surface area contributed by atoms with Crippen LogP contribution in [0, 0.1) is 0 Å². The SMILES string of the molecule is COCN(Cc1ccccc1)C[Si](C)(C)C.C[Si](C)(C)CNCc1ccccc1. The first kappa shape index (κ1) is 25.8. The summed E-state index contributed by atoms with van der Waals surface area (Å²) >= 11 is 0. The number of benzene rings is 2. The van der Waals surface area contributed by atoms with Crippen molar-refractivity contribution in [2.24, 2.45) is 0 Å². The number of rotatable bonds is 10. The van der Waals surface area contributed by atoms with Crippen molar-refractivity contribution >= 4 is 16.1 Å². The Bertz CT molecular complexity index is 652. The van der Waals surface area contributed by atoms with Crippen molar-refractivity contribution in [3.05, 3.63) is 71.8 Å². The van der Waals surface area contributed by atoms with E-state index in [1.165, 1.54) is 23.5 Å². The van der Waals surface area contributed by atoms with Crippen LogP contribution in [-0.4, -0.2) is 47.2 Å². The second kappa shape index (κ2) is 13.1. The average molecular weight is 431 g/mol. The molecular weight excluding hydrogens is 388 g/mol. The van der Waals surface area contributed by atoms with Gasteiger partial charge in [0.2, 0.25) is 0 Å². The van der Waals surface area contributed by atoms with Gasteiger partial charge in [0.1, 0.15) is 0 Å². The van der Waals surface area contributed by atoms with Crippen LogP contribution in [0.4, 0.5) is 0 Å². The standard InChI is InChI=1S/C13H23NOSi.C11H19NSi/c1-15-11-14(12-16(2,3)4)10-13-8-6-5-7-9-13;1-13(2,3)10-12-9-11-7-5-4-6-8-11/h5-9H,10-12H2,1-4H3;4-8,12H,9-10H2,1-3H3. The lowest BCUT2D eigenvalue weighted by Crippen LogP contribution is -2.40. The summed E-state index contributed by atoms with van der Waals surface area (Å²) in [6.07, 6.45) is 2.37. The van der Waals surface area contributed by atoms with E-state index in [0.29, 0.717) is 0 Å². The molecule has 0 radical (unpaired) electrons. The van der Waals surface area contributed by atoms with Crippen molar-refractivity contribution < 1.29 is 4.74 Å². The lowest BCUT2D eigenvalue weighted by molar-refractivity contribution is 0.0697. The van der Waals surface area contributed by atoms with Gasteiger partial charge in [-0.1, -0.05) is 99.9 Å². The molecule has 2 rings (SSSR count). The highest BCUT2D eigenvalue weighted by Gasteiger charge is 2.18. The predicted molar refractivity (Wildman–Crippen MR) is 134 cm³/mol. The summed E-state index contributed by atoms with van der Waals surface area (Å²) < 4.78 is 5.27. The van der Waals surface area contributed by atoms with Crippen LogP contribution in [0.15, 0.2) is 60.7 Å². The largest absolute Gasteiger partial charge is 0.369 e. The molecule has 0 heterocycles. The fourth-order valence-electron chi connectivity index (χ4n) is 3.02. The molecule has 1 N–H and O–H groups in total. The zero-order chi connectivity index (χ0) is 21.8. The molecule has 0 bridgehead atoms. The maximum absolute atomic E-state index is 5.27. The molecule has 29 heavy (non-hydrogen) atoms. The maximum atomic E-state index is 5.27. The minimum absolute atomic E-state index is 0.721. The minimum Gasteiger partial charge on any atom is -0.369 e. The maximum Gasteiger partial charge on any atom is 0.0986 e. The van der Waals surface area contributed by atoms with Crippen LogP contribution in [0.2, 0.25) is 39.3 Å². The molecule has 0 atom stereocenters. The summed E-state index contributed by atoms with van der Waals surface area (Å²) in [4.78, 5) is 2.39. The molecule has 0 aromatic heterocycles.